The van der Waals surface area contributed by atoms with E-state index in [1.165, 1.54) is 11.3 Å². The van der Waals surface area contributed by atoms with Gasteiger partial charge in [-0.1, -0.05) is 20.8 Å². The number of hydrogen-bond donors (Lipinski definition) is 2. The van der Waals surface area contributed by atoms with Gasteiger partial charge in [0.15, 0.2) is 0 Å². The van der Waals surface area contributed by atoms with Gasteiger partial charge >= 0.3 is 0 Å². The van der Waals surface area contributed by atoms with E-state index < -0.39 is 0 Å². The minimum absolute atomic E-state index is 0.0487. The first kappa shape index (κ1) is 17.1. The zero-order valence-electron chi connectivity index (χ0n) is 13.1. The molecular formula is C15H26N2O2S. The second kappa shape index (κ2) is 7.74. The topological polar surface area (TPSA) is 62.2 Å². The Morgan fingerprint density at radius 2 is 2.00 bits per heavy atom. The van der Waals surface area contributed by atoms with E-state index >= 15 is 0 Å². The van der Waals surface area contributed by atoms with Crippen LogP contribution in [0.2, 0.25) is 0 Å². The summed E-state index contributed by atoms with van der Waals surface area (Å²) in [6, 6.07) is 0. The fourth-order valence-electron chi connectivity index (χ4n) is 2.11. The number of carbonyl (C=O) groups is 1. The predicted octanol–water partition coefficient (Wildman–Crippen LogP) is 2.79. The number of aliphatic hydroxyl groups excluding tert-OH is 1. The van der Waals surface area contributed by atoms with Crippen molar-refractivity contribution in [2.45, 2.75) is 53.6 Å². The van der Waals surface area contributed by atoms with Crippen LogP contribution in [0, 0.1) is 18.8 Å². The Labute approximate surface area is 125 Å². The third-order valence-electron chi connectivity index (χ3n) is 2.98. The SMILES string of the molecule is Cc1nc(CC(C)C)sc1C(=O)NCC(C)CC(C)O. The maximum atomic E-state index is 12.2. The summed E-state index contributed by atoms with van der Waals surface area (Å²) in [5, 5.41) is 13.3. The smallest absolute Gasteiger partial charge is 0.263 e. The normalized spacial score (nSPS) is 14.3. The highest BCUT2D eigenvalue weighted by Crippen LogP contribution is 2.20. The highest BCUT2D eigenvalue weighted by molar-refractivity contribution is 7.13. The Hall–Kier alpha value is -0.940. The minimum atomic E-state index is -0.329. The molecule has 0 fully saturated rings. The Bertz CT molecular complexity index is 441. The second-order valence-corrected chi connectivity index (χ2v) is 7.10. The van der Waals surface area contributed by atoms with Gasteiger partial charge in [-0.3, -0.25) is 4.79 Å². The van der Waals surface area contributed by atoms with Gasteiger partial charge in [-0.15, -0.1) is 11.3 Å². The van der Waals surface area contributed by atoms with E-state index in [-0.39, 0.29) is 17.9 Å². The molecule has 2 unspecified atom stereocenters. The van der Waals surface area contributed by atoms with Gasteiger partial charge in [0.25, 0.3) is 5.91 Å². The monoisotopic (exact) mass is 298 g/mol. The van der Waals surface area contributed by atoms with Crippen LogP contribution < -0.4 is 5.32 Å². The van der Waals surface area contributed by atoms with Gasteiger partial charge in [0.1, 0.15) is 4.88 Å². The van der Waals surface area contributed by atoms with Crippen molar-refractivity contribution in [2.24, 2.45) is 11.8 Å². The molecule has 114 valence electrons. The fraction of sp³-hybridized carbons (Fsp3) is 0.733. The second-order valence-electron chi connectivity index (χ2n) is 6.02. The molecule has 4 nitrogen and oxygen atoms in total. The third kappa shape index (κ3) is 5.59. The van der Waals surface area contributed by atoms with E-state index in [2.05, 4.69) is 24.1 Å². The number of amides is 1. The van der Waals surface area contributed by atoms with Gasteiger partial charge in [0.2, 0.25) is 0 Å². The van der Waals surface area contributed by atoms with E-state index in [4.69, 9.17) is 0 Å². The molecule has 0 spiro atoms. The summed E-state index contributed by atoms with van der Waals surface area (Å²) in [6.07, 6.45) is 1.28. The quantitative estimate of drug-likeness (QED) is 0.813. The number of carbonyl (C=O) groups excluding carboxylic acids is 1. The molecule has 0 bridgehead atoms. The first-order valence-electron chi connectivity index (χ1n) is 7.22. The average molecular weight is 298 g/mol. The van der Waals surface area contributed by atoms with Gasteiger partial charge in [0.05, 0.1) is 16.8 Å². The Morgan fingerprint density at radius 1 is 1.35 bits per heavy atom. The van der Waals surface area contributed by atoms with Crippen LogP contribution in [0.15, 0.2) is 0 Å². The molecule has 1 aromatic rings. The molecule has 0 aromatic carbocycles. The van der Waals surface area contributed by atoms with Gasteiger partial charge in [-0.25, -0.2) is 4.98 Å². The number of nitrogens with zero attached hydrogens (tertiary/aromatic N) is 1. The van der Waals surface area contributed by atoms with Crippen molar-refractivity contribution in [2.75, 3.05) is 6.54 Å². The lowest BCUT2D eigenvalue weighted by Gasteiger charge is -2.13. The van der Waals surface area contributed by atoms with Crippen LogP contribution in [0.25, 0.3) is 0 Å². The van der Waals surface area contributed by atoms with E-state index in [0.717, 1.165) is 17.1 Å². The Balaban J connectivity index is 2.57. The molecule has 1 amide bonds. The van der Waals surface area contributed by atoms with E-state index in [9.17, 15) is 9.90 Å². The van der Waals surface area contributed by atoms with Gasteiger partial charge in [-0.05, 0) is 32.1 Å². The summed E-state index contributed by atoms with van der Waals surface area (Å²) in [5.41, 5.74) is 0.811. The molecule has 2 atom stereocenters. The van der Waals surface area contributed by atoms with Gasteiger partial charge < -0.3 is 10.4 Å². The first-order valence-corrected chi connectivity index (χ1v) is 8.03. The highest BCUT2D eigenvalue weighted by atomic mass is 32.1. The number of hydrogen-bond acceptors (Lipinski definition) is 4. The van der Waals surface area contributed by atoms with E-state index in [1.54, 1.807) is 6.92 Å². The number of thiazole rings is 1. The highest BCUT2D eigenvalue weighted by Gasteiger charge is 2.16. The number of aryl methyl sites for hydroxylation is 1. The van der Waals surface area contributed by atoms with Crippen molar-refractivity contribution < 1.29 is 9.90 Å². The summed E-state index contributed by atoms with van der Waals surface area (Å²) in [7, 11) is 0. The molecule has 1 heterocycles. The van der Waals surface area contributed by atoms with Crippen molar-refractivity contribution in [3.05, 3.63) is 15.6 Å². The molecule has 0 radical (unpaired) electrons. The first-order chi connectivity index (χ1) is 9.29. The molecule has 0 aliphatic carbocycles. The van der Waals surface area contributed by atoms with Crippen molar-refractivity contribution in [1.82, 2.24) is 10.3 Å². The summed E-state index contributed by atoms with van der Waals surface area (Å²) >= 11 is 1.49. The molecule has 0 saturated carbocycles. The average Bonchev–Trinajstić information content (AvgIpc) is 2.65. The molecule has 0 aliphatic rings. The molecule has 0 saturated heterocycles. The molecular weight excluding hydrogens is 272 g/mol. The Kier molecular flexibility index (Phi) is 6.62. The summed E-state index contributed by atoms with van der Waals surface area (Å²) in [5.74, 6) is 0.761. The molecule has 0 aliphatic heterocycles. The van der Waals surface area contributed by atoms with Crippen LogP contribution in [0.3, 0.4) is 0 Å². The minimum Gasteiger partial charge on any atom is -0.393 e. The van der Waals surface area contributed by atoms with Crippen LogP contribution in [0.4, 0.5) is 0 Å². The van der Waals surface area contributed by atoms with Gasteiger partial charge in [-0.2, -0.15) is 0 Å². The van der Waals surface area contributed by atoms with Crippen molar-refractivity contribution in [3.8, 4) is 0 Å². The van der Waals surface area contributed by atoms with Gasteiger partial charge in [0, 0.05) is 13.0 Å². The summed E-state index contributed by atoms with van der Waals surface area (Å²) in [4.78, 5) is 17.3. The lowest BCUT2D eigenvalue weighted by molar-refractivity contribution is 0.0942. The Morgan fingerprint density at radius 3 is 2.55 bits per heavy atom. The third-order valence-corrected chi connectivity index (χ3v) is 4.16. The van der Waals surface area contributed by atoms with Crippen molar-refractivity contribution in [3.63, 3.8) is 0 Å². The lowest BCUT2D eigenvalue weighted by atomic mass is 10.0. The molecule has 2 N–H and O–H groups in total. The summed E-state index contributed by atoms with van der Waals surface area (Å²) in [6.45, 7) is 10.6. The van der Waals surface area contributed by atoms with Crippen molar-refractivity contribution in [1.29, 1.82) is 0 Å². The van der Waals surface area contributed by atoms with E-state index in [0.29, 0.717) is 23.8 Å². The van der Waals surface area contributed by atoms with Crippen molar-refractivity contribution >= 4 is 17.2 Å². The fourth-order valence-corrected chi connectivity index (χ4v) is 3.31. The number of rotatable bonds is 7. The van der Waals surface area contributed by atoms with E-state index in [1.807, 2.05) is 13.8 Å². The number of aliphatic hydroxyl groups is 1. The van der Waals surface area contributed by atoms with Crippen LogP contribution in [0.5, 0.6) is 0 Å². The largest absolute Gasteiger partial charge is 0.393 e. The lowest BCUT2D eigenvalue weighted by Crippen LogP contribution is -2.29. The molecule has 1 rings (SSSR count). The van der Waals surface area contributed by atoms with Crippen LogP contribution in [-0.2, 0) is 6.42 Å². The zero-order valence-corrected chi connectivity index (χ0v) is 13.9. The number of nitrogens with one attached hydrogen (secondary N) is 1. The predicted molar refractivity (Wildman–Crippen MR) is 83.2 cm³/mol. The molecule has 5 heteroatoms. The number of aromatic nitrogens is 1. The summed E-state index contributed by atoms with van der Waals surface area (Å²) < 4.78 is 0. The molecule has 1 aromatic heterocycles. The molecule has 20 heavy (non-hydrogen) atoms. The van der Waals surface area contributed by atoms with Crippen LogP contribution in [-0.4, -0.2) is 28.6 Å². The maximum Gasteiger partial charge on any atom is 0.263 e. The standard InChI is InChI=1S/C15H26N2O2S/c1-9(2)6-13-17-12(5)14(20-13)15(19)16-8-10(3)7-11(4)18/h9-11,18H,6-8H2,1-5H3,(H,16,19). The van der Waals surface area contributed by atoms with Crippen LogP contribution >= 0.6 is 11.3 Å². The maximum absolute atomic E-state index is 12.2. The zero-order chi connectivity index (χ0) is 15.3. The van der Waals surface area contributed by atoms with Crippen LogP contribution in [0.1, 0.15) is 54.5 Å².